The molecule has 0 saturated carbocycles. The van der Waals surface area contributed by atoms with Crippen LogP contribution in [0.1, 0.15) is 36.1 Å². The average molecular weight is 924 g/mol. The van der Waals surface area contributed by atoms with Gasteiger partial charge < -0.3 is 52.7 Å². The van der Waals surface area contributed by atoms with Crippen LogP contribution < -0.4 is 10.1 Å². The van der Waals surface area contributed by atoms with Crippen molar-refractivity contribution >= 4 is 28.2 Å². The van der Waals surface area contributed by atoms with Crippen LogP contribution in [-0.2, 0) is 98.0 Å². The Bertz CT molecular complexity index is 2220. The monoisotopic (exact) mass is 923 g/mol. The molecule has 10 atom stereocenters. The van der Waals surface area contributed by atoms with Crippen molar-refractivity contribution in [3.8, 4) is 5.75 Å². The first-order valence-corrected chi connectivity index (χ1v) is 22.0. The van der Waals surface area contributed by atoms with Crippen LogP contribution in [-0.4, -0.2) is 113 Å². The molecule has 18 nitrogen and oxygen atoms in total. The minimum absolute atomic E-state index is 0.00448. The van der Waals surface area contributed by atoms with Gasteiger partial charge in [0.05, 0.1) is 47.3 Å². The van der Waals surface area contributed by atoms with Crippen molar-refractivity contribution in [3.63, 3.8) is 0 Å². The molecule has 2 saturated heterocycles. The highest BCUT2D eigenvalue weighted by molar-refractivity contribution is 7.80. The lowest BCUT2D eigenvalue weighted by Gasteiger charge is -2.49. The summed E-state index contributed by atoms with van der Waals surface area (Å²) < 4.78 is 102. The molecule has 0 unspecified atom stereocenters. The quantitative estimate of drug-likeness (QED) is 0.0882. The van der Waals surface area contributed by atoms with E-state index in [0.29, 0.717) is 22.4 Å². The zero-order chi connectivity index (χ0) is 46.3. The summed E-state index contributed by atoms with van der Waals surface area (Å²) in [7, 11) is -2.65. The Labute approximate surface area is 377 Å². The Hall–Kier alpha value is -5.32. The number of ether oxygens (including phenoxy) is 10. The standard InChI is InChI=1S/C46H53NO17S/c1-29(48)47-37-39(38(64-65(51,52)53)36(28-56-24-34-20-22-35(54-3)23-21-34)61-45(37)59-27-33-18-12-7-13-19-33)62-46-43(60-30(2)49)41(58-26-32-16-10-6-11-17-32)40(42(63-46)44(50)55-4)57-25-31-14-8-5-9-15-31/h5-23,36-43,45-46H,24-28H2,1-4H3,(H,47,48)(H,51,52,53)/t36-,37-,38+,39-,40+,41+,42+,43-,45-,46-/m1/s1. The smallest absolute Gasteiger partial charge is 0.397 e. The first-order chi connectivity index (χ1) is 31.3. The zero-order valence-corrected chi connectivity index (χ0v) is 37.0. The molecular formula is C46H53NO17S. The Morgan fingerprint density at radius 2 is 1.17 bits per heavy atom. The molecule has 2 aliphatic heterocycles. The van der Waals surface area contributed by atoms with Gasteiger partial charge in [-0.2, -0.15) is 8.42 Å². The molecule has 0 aromatic heterocycles. The zero-order valence-electron chi connectivity index (χ0n) is 36.2. The van der Waals surface area contributed by atoms with E-state index < -0.39 is 89.6 Å². The summed E-state index contributed by atoms with van der Waals surface area (Å²) in [5, 5.41) is 2.71. The summed E-state index contributed by atoms with van der Waals surface area (Å²) in [4.78, 5) is 39.7. The maximum Gasteiger partial charge on any atom is 0.397 e. The van der Waals surface area contributed by atoms with Crippen LogP contribution >= 0.6 is 0 Å². The first-order valence-electron chi connectivity index (χ1n) is 20.6. The number of hydrogen-bond donors (Lipinski definition) is 2. The lowest BCUT2D eigenvalue weighted by molar-refractivity contribution is -0.347. The minimum Gasteiger partial charge on any atom is -0.497 e. The van der Waals surface area contributed by atoms with Crippen molar-refractivity contribution in [1.29, 1.82) is 0 Å². The largest absolute Gasteiger partial charge is 0.497 e. The van der Waals surface area contributed by atoms with Crippen LogP contribution in [0.5, 0.6) is 5.75 Å². The molecule has 1 amide bonds. The van der Waals surface area contributed by atoms with Gasteiger partial charge in [0.1, 0.15) is 42.3 Å². The van der Waals surface area contributed by atoms with E-state index in [4.69, 9.17) is 51.6 Å². The van der Waals surface area contributed by atoms with E-state index in [9.17, 15) is 27.4 Å². The van der Waals surface area contributed by atoms with E-state index in [1.165, 1.54) is 14.0 Å². The van der Waals surface area contributed by atoms with Gasteiger partial charge in [-0.25, -0.2) is 8.98 Å². The lowest BCUT2D eigenvalue weighted by atomic mass is 9.94. The van der Waals surface area contributed by atoms with Crippen LogP contribution in [0.4, 0.5) is 0 Å². The van der Waals surface area contributed by atoms with Gasteiger partial charge >= 0.3 is 22.3 Å². The molecular weight excluding hydrogens is 871 g/mol. The van der Waals surface area contributed by atoms with E-state index >= 15 is 0 Å². The van der Waals surface area contributed by atoms with Crippen molar-refractivity contribution < 1.29 is 78.9 Å². The number of carbonyl (C=O) groups excluding carboxylic acids is 3. The second-order valence-corrected chi connectivity index (χ2v) is 16.1. The minimum atomic E-state index is -5.32. The molecule has 0 radical (unpaired) electrons. The molecule has 0 aliphatic carbocycles. The summed E-state index contributed by atoms with van der Waals surface area (Å²) in [6.45, 7) is 1.78. The molecule has 4 aromatic rings. The number of methoxy groups -OCH3 is 2. The maximum absolute atomic E-state index is 13.7. The van der Waals surface area contributed by atoms with Gasteiger partial charge in [-0.3, -0.25) is 14.1 Å². The van der Waals surface area contributed by atoms with Gasteiger partial charge in [-0.05, 0) is 34.4 Å². The second-order valence-electron chi connectivity index (χ2n) is 15.1. The van der Waals surface area contributed by atoms with Crippen molar-refractivity contribution in [3.05, 3.63) is 138 Å². The SMILES string of the molecule is COC(=O)[C@H]1O[C@@H](O[C@@H]2[C@@H](NC(C)=O)[C@H](OCc3ccccc3)O[C@H](COCc3ccc(OC)cc3)[C@@H]2OS(=O)(=O)O)[C@H](OC(C)=O)[C@@H](OCc2ccccc2)[C@@H]1OCc1ccccc1. The molecule has 4 aromatic carbocycles. The number of benzene rings is 4. The van der Waals surface area contributed by atoms with Crippen LogP contribution in [0.15, 0.2) is 115 Å². The Kier molecular flexibility index (Phi) is 17.9. The Morgan fingerprint density at radius 1 is 0.631 bits per heavy atom. The van der Waals surface area contributed by atoms with E-state index in [2.05, 4.69) is 5.32 Å². The molecule has 0 spiro atoms. The third kappa shape index (κ3) is 14.3. The summed E-state index contributed by atoms with van der Waals surface area (Å²) in [6.07, 6.45) is -14.0. The van der Waals surface area contributed by atoms with E-state index in [1.807, 2.05) is 30.3 Å². The number of carbonyl (C=O) groups is 3. The molecule has 2 aliphatic rings. The van der Waals surface area contributed by atoms with Crippen molar-refractivity contribution in [2.24, 2.45) is 0 Å². The highest BCUT2D eigenvalue weighted by Gasteiger charge is 2.57. The van der Waals surface area contributed by atoms with Gasteiger partial charge in [0.25, 0.3) is 0 Å². The molecule has 2 fully saturated rings. The van der Waals surface area contributed by atoms with Crippen LogP contribution in [0.3, 0.4) is 0 Å². The van der Waals surface area contributed by atoms with Crippen LogP contribution in [0.2, 0.25) is 0 Å². The van der Waals surface area contributed by atoms with Gasteiger partial charge in [0.15, 0.2) is 24.8 Å². The number of esters is 2. The average Bonchev–Trinajstić information content (AvgIpc) is 3.29. The molecule has 65 heavy (non-hydrogen) atoms. The predicted molar refractivity (Wildman–Crippen MR) is 228 cm³/mol. The Morgan fingerprint density at radius 3 is 1.68 bits per heavy atom. The van der Waals surface area contributed by atoms with Gasteiger partial charge in [0.2, 0.25) is 5.91 Å². The summed E-state index contributed by atoms with van der Waals surface area (Å²) in [5.41, 5.74) is 2.87. The third-order valence-corrected chi connectivity index (χ3v) is 10.8. The van der Waals surface area contributed by atoms with E-state index in [1.54, 1.807) is 84.9 Å². The van der Waals surface area contributed by atoms with Crippen molar-refractivity contribution in [1.82, 2.24) is 5.32 Å². The van der Waals surface area contributed by atoms with E-state index in [-0.39, 0.29) is 33.0 Å². The van der Waals surface area contributed by atoms with Gasteiger partial charge in [0, 0.05) is 13.8 Å². The molecule has 6 rings (SSSR count). The van der Waals surface area contributed by atoms with Crippen molar-refractivity contribution in [2.75, 3.05) is 20.8 Å². The maximum atomic E-state index is 13.7. The molecule has 2 N–H and O–H groups in total. The second kappa shape index (κ2) is 23.7. The topological polar surface area (TPSA) is 219 Å². The van der Waals surface area contributed by atoms with E-state index in [0.717, 1.165) is 19.6 Å². The predicted octanol–water partition coefficient (Wildman–Crippen LogP) is 4.23. The fourth-order valence-electron chi connectivity index (χ4n) is 7.36. The first kappa shape index (κ1) is 49.1. The van der Waals surface area contributed by atoms with Crippen LogP contribution in [0.25, 0.3) is 0 Å². The molecule has 19 heteroatoms. The number of amides is 1. The summed E-state index contributed by atoms with van der Waals surface area (Å²) >= 11 is 0. The number of rotatable bonds is 21. The molecule has 0 bridgehead atoms. The molecule has 2 heterocycles. The lowest BCUT2D eigenvalue weighted by Crippen LogP contribution is -2.69. The number of hydrogen-bond acceptors (Lipinski definition) is 16. The van der Waals surface area contributed by atoms with Gasteiger partial charge in [-0.1, -0.05) is 103 Å². The Balaban J connectivity index is 1.41. The highest BCUT2D eigenvalue weighted by Crippen LogP contribution is 2.36. The highest BCUT2D eigenvalue weighted by atomic mass is 32.3. The fraction of sp³-hybridized carbons (Fsp3) is 0.413. The summed E-state index contributed by atoms with van der Waals surface area (Å²) in [6, 6.07) is 32.6. The van der Waals surface area contributed by atoms with Gasteiger partial charge in [-0.15, -0.1) is 0 Å². The summed E-state index contributed by atoms with van der Waals surface area (Å²) in [5.74, 6) is -1.76. The van der Waals surface area contributed by atoms with Crippen molar-refractivity contribution in [2.45, 2.75) is 102 Å². The third-order valence-electron chi connectivity index (χ3n) is 10.3. The fourth-order valence-corrected chi connectivity index (χ4v) is 7.87. The molecule has 350 valence electrons. The normalized spacial score (nSPS) is 25.6. The number of nitrogens with one attached hydrogen (secondary N) is 1. The van der Waals surface area contributed by atoms with Crippen LogP contribution in [0, 0.1) is 0 Å².